The van der Waals surface area contributed by atoms with Crippen molar-refractivity contribution in [1.29, 1.82) is 0 Å². The summed E-state index contributed by atoms with van der Waals surface area (Å²) in [6.07, 6.45) is 0. The number of halogens is 2. The molecule has 3 heteroatoms. The van der Waals surface area contributed by atoms with Crippen molar-refractivity contribution in [2.24, 2.45) is 5.73 Å². The smallest absolute Gasteiger partial charge is 0.0639 e. The van der Waals surface area contributed by atoms with E-state index in [1.807, 2.05) is 0 Å². The molecule has 0 saturated heterocycles. The first-order valence-corrected chi connectivity index (χ1v) is 3.55. The van der Waals surface area contributed by atoms with Crippen molar-refractivity contribution in [1.82, 2.24) is 0 Å². The molecule has 1 aromatic carbocycles. The van der Waals surface area contributed by atoms with Gasteiger partial charge >= 0.3 is 0 Å². The fourth-order valence-electron chi connectivity index (χ4n) is 0.611. The average Bonchev–Trinajstić information content (AvgIpc) is 1.99. The number of hydrogen-bond acceptors (Lipinski definition) is 1. The molecule has 10 heavy (non-hydrogen) atoms. The Labute approximate surface area is 71.1 Å². The molecule has 1 aromatic rings. The summed E-state index contributed by atoms with van der Waals surface area (Å²) in [5.41, 5.74) is 6.18. The zero-order valence-electron chi connectivity index (χ0n) is 6.20. The van der Waals surface area contributed by atoms with Crippen LogP contribution in [0.25, 0.3) is 0 Å². The van der Waals surface area contributed by atoms with Gasteiger partial charge in [-0.1, -0.05) is 29.3 Å². The molecule has 0 bridgehead atoms. The molecule has 54 valence electrons. The first-order chi connectivity index (χ1) is 5.15. The van der Waals surface area contributed by atoms with Crippen molar-refractivity contribution in [3.8, 4) is 0 Å². The normalized spacial score (nSPS) is 11.3. The summed E-state index contributed by atoms with van der Waals surface area (Å²) in [4.78, 5) is 0. The van der Waals surface area contributed by atoms with Crippen molar-refractivity contribution in [2.45, 2.75) is 6.54 Å². The number of benzene rings is 1. The Morgan fingerprint density at radius 2 is 2.20 bits per heavy atom. The Kier molecular flexibility index (Phi) is 2.10. The highest BCUT2D eigenvalue weighted by Crippen LogP contribution is 2.21. The summed E-state index contributed by atoms with van der Waals surface area (Å²) in [6, 6.07) is 3.50. The number of hydrogen-bond donors (Lipinski definition) is 1. The third-order valence-electron chi connectivity index (χ3n) is 1.14. The lowest BCUT2D eigenvalue weighted by Gasteiger charge is -1.97. The van der Waals surface area contributed by atoms with Gasteiger partial charge in [0, 0.05) is 6.54 Å². The van der Waals surface area contributed by atoms with Gasteiger partial charge in [-0.2, -0.15) is 0 Å². The van der Waals surface area contributed by atoms with E-state index in [0.717, 1.165) is 5.56 Å². The number of nitrogens with two attached hydrogens (primary N) is 1. The lowest BCUT2D eigenvalue weighted by atomic mass is 10.2. The van der Waals surface area contributed by atoms with Crippen molar-refractivity contribution < 1.29 is 1.37 Å². The van der Waals surface area contributed by atoms with Crippen molar-refractivity contribution in [3.05, 3.63) is 33.8 Å². The van der Waals surface area contributed by atoms with Crippen molar-refractivity contribution in [3.63, 3.8) is 0 Å². The summed E-state index contributed by atoms with van der Waals surface area (Å²) in [7, 11) is 0. The summed E-state index contributed by atoms with van der Waals surface area (Å²) in [6.45, 7) is 0.378. The quantitative estimate of drug-likeness (QED) is 0.700. The standard InChI is InChI=1S/C7H7Cl2N/c8-6-2-1-5(4-10)3-7(6)9/h1-3H,4,10H2/i2D. The van der Waals surface area contributed by atoms with E-state index in [9.17, 15) is 0 Å². The Morgan fingerprint density at radius 1 is 1.50 bits per heavy atom. The molecule has 0 aliphatic carbocycles. The molecule has 0 heterocycles. The molecule has 0 aromatic heterocycles. The molecular formula is C7H7Cl2N. The van der Waals surface area contributed by atoms with Crippen LogP contribution in [0, 0.1) is 0 Å². The van der Waals surface area contributed by atoms with E-state index in [1.54, 1.807) is 12.1 Å². The van der Waals surface area contributed by atoms with E-state index in [1.165, 1.54) is 0 Å². The SMILES string of the molecule is [2H]c1cc(CN)cc(Cl)c1Cl. The van der Waals surface area contributed by atoms with Gasteiger partial charge in [-0.25, -0.2) is 0 Å². The van der Waals surface area contributed by atoms with Crippen LogP contribution in [0.4, 0.5) is 0 Å². The van der Waals surface area contributed by atoms with Gasteiger partial charge in [0.25, 0.3) is 0 Å². The van der Waals surface area contributed by atoms with E-state index in [2.05, 4.69) is 0 Å². The van der Waals surface area contributed by atoms with Gasteiger partial charge < -0.3 is 5.73 Å². The zero-order chi connectivity index (χ0) is 8.43. The van der Waals surface area contributed by atoms with Crippen LogP contribution in [0.1, 0.15) is 6.93 Å². The summed E-state index contributed by atoms with van der Waals surface area (Å²) in [5, 5.41) is 0.670. The van der Waals surface area contributed by atoms with E-state index >= 15 is 0 Å². The second-order valence-electron chi connectivity index (χ2n) is 1.87. The maximum absolute atomic E-state index is 7.33. The highest BCUT2D eigenvalue weighted by Gasteiger charge is 1.96. The van der Waals surface area contributed by atoms with Crippen LogP contribution < -0.4 is 5.73 Å². The van der Waals surface area contributed by atoms with Crippen LogP contribution >= 0.6 is 23.2 Å². The predicted molar refractivity (Wildman–Crippen MR) is 44.4 cm³/mol. The summed E-state index contributed by atoms with van der Waals surface area (Å²) in [5.74, 6) is 0. The minimum absolute atomic E-state index is 0.222. The Balaban J connectivity index is 3.21. The van der Waals surface area contributed by atoms with Gasteiger partial charge in [0.1, 0.15) is 0 Å². The molecule has 0 aliphatic rings. The second kappa shape index (κ2) is 3.24. The van der Waals surface area contributed by atoms with Crippen molar-refractivity contribution >= 4 is 23.2 Å². The molecule has 0 fully saturated rings. The van der Waals surface area contributed by atoms with Crippen LogP contribution in [0.2, 0.25) is 10.0 Å². The lowest BCUT2D eigenvalue weighted by Crippen LogP contribution is -1.95. The monoisotopic (exact) mass is 176 g/mol. The van der Waals surface area contributed by atoms with Crippen molar-refractivity contribution in [2.75, 3.05) is 0 Å². The first kappa shape index (κ1) is 6.47. The van der Waals surface area contributed by atoms with E-state index < -0.39 is 0 Å². The highest BCUT2D eigenvalue weighted by atomic mass is 35.5. The molecule has 0 radical (unpaired) electrons. The van der Waals surface area contributed by atoms with Crippen LogP contribution in [0.5, 0.6) is 0 Å². The second-order valence-corrected chi connectivity index (χ2v) is 2.66. The van der Waals surface area contributed by atoms with Gasteiger partial charge in [0.05, 0.1) is 11.4 Å². The van der Waals surface area contributed by atoms with Gasteiger partial charge in [-0.15, -0.1) is 0 Å². The fraction of sp³-hybridized carbons (Fsp3) is 0.143. The molecule has 0 aliphatic heterocycles. The molecule has 0 saturated carbocycles. The molecule has 0 amide bonds. The minimum atomic E-state index is 0.222. The van der Waals surface area contributed by atoms with E-state index in [4.69, 9.17) is 30.3 Å². The summed E-state index contributed by atoms with van der Waals surface area (Å²) >= 11 is 11.3. The maximum Gasteiger partial charge on any atom is 0.0639 e. The Morgan fingerprint density at radius 3 is 2.70 bits per heavy atom. The maximum atomic E-state index is 7.33. The summed E-state index contributed by atoms with van der Waals surface area (Å²) < 4.78 is 7.33. The molecule has 1 rings (SSSR count). The van der Waals surface area contributed by atoms with Gasteiger partial charge in [0.2, 0.25) is 0 Å². The minimum Gasteiger partial charge on any atom is -0.326 e. The molecule has 2 N–H and O–H groups in total. The molecule has 0 spiro atoms. The average molecular weight is 177 g/mol. The van der Waals surface area contributed by atoms with Crippen LogP contribution in [-0.2, 0) is 6.54 Å². The lowest BCUT2D eigenvalue weighted by molar-refractivity contribution is 1.07. The fourth-order valence-corrected chi connectivity index (χ4v) is 0.914. The highest BCUT2D eigenvalue weighted by molar-refractivity contribution is 6.41. The van der Waals surface area contributed by atoms with Crippen LogP contribution in [0.15, 0.2) is 18.2 Å². The van der Waals surface area contributed by atoms with Crippen LogP contribution in [0.3, 0.4) is 0 Å². The third-order valence-corrected chi connectivity index (χ3v) is 1.85. The predicted octanol–water partition coefficient (Wildman–Crippen LogP) is 2.45. The largest absolute Gasteiger partial charge is 0.326 e. The molecule has 0 unspecified atom stereocenters. The molecular weight excluding hydrogens is 169 g/mol. The van der Waals surface area contributed by atoms with Crippen LogP contribution in [-0.4, -0.2) is 0 Å². The molecule has 1 nitrogen and oxygen atoms in total. The van der Waals surface area contributed by atoms with Gasteiger partial charge in [-0.05, 0) is 17.7 Å². The third kappa shape index (κ3) is 1.63. The zero-order valence-corrected chi connectivity index (χ0v) is 6.71. The first-order valence-electron chi connectivity index (χ1n) is 3.29. The van der Waals surface area contributed by atoms with Gasteiger partial charge in [0.15, 0.2) is 0 Å². The van der Waals surface area contributed by atoms with E-state index in [-0.39, 0.29) is 11.1 Å². The number of rotatable bonds is 1. The Bertz CT molecular complexity index is 252. The molecule has 0 atom stereocenters. The van der Waals surface area contributed by atoms with E-state index in [0.29, 0.717) is 11.6 Å². The topological polar surface area (TPSA) is 26.0 Å². The van der Waals surface area contributed by atoms with Gasteiger partial charge in [-0.3, -0.25) is 0 Å². The Hall–Kier alpha value is -0.240.